The van der Waals surface area contributed by atoms with E-state index in [9.17, 15) is 28.2 Å². The number of alkyl halides is 3. The third kappa shape index (κ3) is 4.82. The number of carbonyl (C=O) groups is 1. The summed E-state index contributed by atoms with van der Waals surface area (Å²) in [6, 6.07) is 3.93. The van der Waals surface area contributed by atoms with Gasteiger partial charge in [-0.25, -0.2) is 0 Å². The molecule has 0 aromatic heterocycles. The Balaban J connectivity index is 2.62. The molecule has 0 fully saturated rings. The van der Waals surface area contributed by atoms with Crippen molar-refractivity contribution in [1.29, 1.82) is 0 Å². The van der Waals surface area contributed by atoms with E-state index < -0.39 is 23.9 Å². The van der Waals surface area contributed by atoms with Gasteiger partial charge in [-0.3, -0.25) is 4.79 Å². The molecular weight excluding hydrogens is 275 g/mol. The summed E-state index contributed by atoms with van der Waals surface area (Å²) >= 11 is 0. The van der Waals surface area contributed by atoms with E-state index in [1.165, 1.54) is 6.92 Å². The van der Waals surface area contributed by atoms with Gasteiger partial charge in [0.2, 0.25) is 5.91 Å². The highest BCUT2D eigenvalue weighted by molar-refractivity contribution is 5.72. The van der Waals surface area contributed by atoms with Gasteiger partial charge in [-0.2, -0.15) is 13.2 Å². The summed E-state index contributed by atoms with van der Waals surface area (Å²) in [5, 5.41) is 21.9. The molecule has 2 unspecified atom stereocenters. The molecule has 0 heterocycles. The van der Waals surface area contributed by atoms with Crippen molar-refractivity contribution >= 4 is 5.91 Å². The Labute approximate surface area is 114 Å². The summed E-state index contributed by atoms with van der Waals surface area (Å²) in [5.41, 5.74) is -0.630. The molecule has 0 bridgehead atoms. The number of hydrogen-bond acceptors (Lipinski definition) is 3. The minimum absolute atomic E-state index is 0.0990. The molecule has 0 saturated heterocycles. The molecule has 4 nitrogen and oxygen atoms in total. The van der Waals surface area contributed by atoms with E-state index in [1.807, 2.05) is 0 Å². The lowest BCUT2D eigenvalue weighted by atomic mass is 10.0. The fourth-order valence-corrected chi connectivity index (χ4v) is 1.65. The Morgan fingerprint density at radius 1 is 1.25 bits per heavy atom. The molecule has 3 N–H and O–H groups in total. The van der Waals surface area contributed by atoms with E-state index in [2.05, 4.69) is 5.32 Å². The quantitative estimate of drug-likeness (QED) is 0.772. The first kappa shape index (κ1) is 16.5. The van der Waals surface area contributed by atoms with Gasteiger partial charge in [0.05, 0.1) is 11.7 Å². The Morgan fingerprint density at radius 2 is 1.80 bits per heavy atom. The first-order valence-corrected chi connectivity index (χ1v) is 5.99. The maximum atomic E-state index is 12.4. The van der Waals surface area contributed by atoms with Crippen molar-refractivity contribution in [2.24, 2.45) is 0 Å². The van der Waals surface area contributed by atoms with E-state index in [-0.39, 0.29) is 24.4 Å². The highest BCUT2D eigenvalue weighted by Gasteiger charge is 2.30. The molecule has 112 valence electrons. The fourth-order valence-electron chi connectivity index (χ4n) is 1.65. The van der Waals surface area contributed by atoms with Crippen LogP contribution < -0.4 is 5.32 Å². The zero-order valence-electron chi connectivity index (χ0n) is 10.8. The van der Waals surface area contributed by atoms with Gasteiger partial charge in [0.15, 0.2) is 0 Å². The summed E-state index contributed by atoms with van der Waals surface area (Å²) < 4.78 is 37.1. The Bertz CT molecular complexity index is 445. The van der Waals surface area contributed by atoms with E-state index in [0.29, 0.717) is 0 Å². The minimum Gasteiger partial charge on any atom is -0.390 e. The number of halogens is 3. The minimum atomic E-state index is -4.44. The van der Waals surface area contributed by atoms with E-state index in [4.69, 9.17) is 0 Å². The molecule has 0 aliphatic rings. The van der Waals surface area contributed by atoms with Crippen LogP contribution in [0.5, 0.6) is 0 Å². The molecule has 0 saturated carbocycles. The van der Waals surface area contributed by atoms with Crippen LogP contribution in [-0.2, 0) is 11.0 Å². The summed E-state index contributed by atoms with van der Waals surface area (Å²) in [4.78, 5) is 10.6. The van der Waals surface area contributed by atoms with Gasteiger partial charge in [0.25, 0.3) is 0 Å². The van der Waals surface area contributed by atoms with Crippen LogP contribution in [0.25, 0.3) is 0 Å². The van der Waals surface area contributed by atoms with Crippen molar-refractivity contribution in [3.8, 4) is 0 Å². The largest absolute Gasteiger partial charge is 0.416 e. The molecule has 0 aliphatic heterocycles. The Morgan fingerprint density at radius 3 is 2.25 bits per heavy atom. The topological polar surface area (TPSA) is 69.6 Å². The first-order chi connectivity index (χ1) is 9.21. The third-order valence-electron chi connectivity index (χ3n) is 2.76. The van der Waals surface area contributed by atoms with Crippen LogP contribution in [0.3, 0.4) is 0 Å². The summed E-state index contributed by atoms with van der Waals surface area (Å²) in [6.45, 7) is 1.49. The lowest BCUT2D eigenvalue weighted by molar-refractivity contribution is -0.137. The van der Waals surface area contributed by atoms with Crippen LogP contribution in [0, 0.1) is 0 Å². The van der Waals surface area contributed by atoms with Crippen molar-refractivity contribution in [2.75, 3.05) is 6.54 Å². The van der Waals surface area contributed by atoms with E-state index in [0.717, 1.165) is 24.3 Å². The molecule has 1 aromatic carbocycles. The highest BCUT2D eigenvalue weighted by atomic mass is 19.4. The van der Waals surface area contributed by atoms with Gasteiger partial charge >= 0.3 is 6.18 Å². The Hall–Kier alpha value is -1.60. The van der Waals surface area contributed by atoms with Gasteiger partial charge in [-0.1, -0.05) is 12.1 Å². The smallest absolute Gasteiger partial charge is 0.390 e. The van der Waals surface area contributed by atoms with Gasteiger partial charge < -0.3 is 15.5 Å². The van der Waals surface area contributed by atoms with Crippen LogP contribution >= 0.6 is 0 Å². The van der Waals surface area contributed by atoms with Crippen LogP contribution in [0.4, 0.5) is 13.2 Å². The average molecular weight is 291 g/mol. The average Bonchev–Trinajstić information content (AvgIpc) is 2.36. The van der Waals surface area contributed by atoms with Gasteiger partial charge in [0.1, 0.15) is 6.10 Å². The molecule has 0 radical (unpaired) electrons. The molecule has 0 aliphatic carbocycles. The number of aliphatic hydroxyl groups excluding tert-OH is 2. The number of rotatable bonds is 5. The highest BCUT2D eigenvalue weighted by Crippen LogP contribution is 2.30. The second-order valence-electron chi connectivity index (χ2n) is 4.40. The van der Waals surface area contributed by atoms with Crippen molar-refractivity contribution in [3.63, 3.8) is 0 Å². The second-order valence-corrected chi connectivity index (χ2v) is 4.40. The van der Waals surface area contributed by atoms with Crippen molar-refractivity contribution in [3.05, 3.63) is 35.4 Å². The zero-order valence-corrected chi connectivity index (χ0v) is 10.8. The number of aliphatic hydroxyl groups is 2. The predicted octanol–water partition coefficient (Wildman–Crippen LogP) is 1.63. The lowest BCUT2D eigenvalue weighted by Crippen LogP contribution is -2.27. The zero-order chi connectivity index (χ0) is 15.3. The Kier molecular flexibility index (Phi) is 5.52. The number of amides is 1. The maximum absolute atomic E-state index is 12.4. The number of nitrogens with one attached hydrogen (secondary N) is 1. The molecule has 1 aromatic rings. The summed E-state index contributed by atoms with van der Waals surface area (Å²) in [7, 11) is 0. The second kappa shape index (κ2) is 6.71. The maximum Gasteiger partial charge on any atom is 0.416 e. The molecule has 0 spiro atoms. The summed E-state index contributed by atoms with van der Waals surface area (Å²) in [5.74, 6) is -0.263. The van der Waals surface area contributed by atoms with Crippen molar-refractivity contribution < 1.29 is 28.2 Å². The number of benzene rings is 1. The van der Waals surface area contributed by atoms with Crippen LogP contribution in [-0.4, -0.2) is 28.8 Å². The van der Waals surface area contributed by atoms with E-state index >= 15 is 0 Å². The molecular formula is C13H16F3NO3. The molecule has 2 atom stereocenters. The number of hydrogen-bond donors (Lipinski definition) is 3. The predicted molar refractivity (Wildman–Crippen MR) is 65.7 cm³/mol. The normalized spacial score (nSPS) is 14.7. The third-order valence-corrected chi connectivity index (χ3v) is 2.76. The number of carbonyl (C=O) groups excluding carboxylic acids is 1. The first-order valence-electron chi connectivity index (χ1n) is 5.99. The fraction of sp³-hybridized carbons (Fsp3) is 0.462. The molecule has 1 amide bonds. The van der Waals surface area contributed by atoms with Crippen molar-refractivity contribution in [1.82, 2.24) is 5.32 Å². The molecule has 1 rings (SSSR count). The van der Waals surface area contributed by atoms with Crippen molar-refractivity contribution in [2.45, 2.75) is 31.7 Å². The molecule has 7 heteroatoms. The van der Waals surface area contributed by atoms with Crippen LogP contribution in [0.15, 0.2) is 24.3 Å². The van der Waals surface area contributed by atoms with Crippen LogP contribution in [0.1, 0.15) is 30.6 Å². The summed E-state index contributed by atoms with van der Waals surface area (Å²) in [6.07, 6.45) is -6.81. The van der Waals surface area contributed by atoms with E-state index in [1.54, 1.807) is 0 Å². The molecule has 20 heavy (non-hydrogen) atoms. The van der Waals surface area contributed by atoms with Gasteiger partial charge in [0, 0.05) is 13.5 Å². The van der Waals surface area contributed by atoms with Gasteiger partial charge in [-0.15, -0.1) is 0 Å². The SMILES string of the molecule is CC(=O)NCCC(O)C(O)c1ccc(C(F)(F)F)cc1. The van der Waals surface area contributed by atoms with Crippen LogP contribution in [0.2, 0.25) is 0 Å². The monoisotopic (exact) mass is 291 g/mol. The lowest BCUT2D eigenvalue weighted by Gasteiger charge is -2.18. The van der Waals surface area contributed by atoms with Gasteiger partial charge in [-0.05, 0) is 24.1 Å². The standard InChI is InChI=1S/C13H16F3NO3/c1-8(18)17-7-6-11(19)12(20)9-2-4-10(5-3-9)13(14,15)16/h2-5,11-12,19-20H,6-7H2,1H3,(H,17,18).